The van der Waals surface area contributed by atoms with Crippen molar-refractivity contribution in [2.75, 3.05) is 0 Å². The Bertz CT molecular complexity index is 321. The molecular formula is C12H10OsSb. The molecular weight excluding hydrogens is 456 g/mol. The molecule has 0 aliphatic heterocycles. The normalized spacial score (nSPS) is 9.14. The fourth-order valence-corrected chi connectivity index (χ4v) is 3.84. The third-order valence-corrected chi connectivity index (χ3v) is 4.95. The van der Waals surface area contributed by atoms with Gasteiger partial charge in [0, 0.05) is 19.8 Å². The van der Waals surface area contributed by atoms with Gasteiger partial charge in [-0.3, -0.25) is 0 Å². The minimum absolute atomic E-state index is 0. The van der Waals surface area contributed by atoms with E-state index in [9.17, 15) is 0 Å². The van der Waals surface area contributed by atoms with Gasteiger partial charge in [0.2, 0.25) is 0 Å². The fourth-order valence-electron chi connectivity index (χ4n) is 1.15. The first-order chi connectivity index (χ1) is 6.45. The first-order valence-corrected chi connectivity index (χ1v) is 6.82. The van der Waals surface area contributed by atoms with Crippen molar-refractivity contribution >= 4 is 28.6 Å². The SMILES string of the molecule is [Os].c1cc[c]([Sb][c]2ccccc2)cc1. The van der Waals surface area contributed by atoms with E-state index in [1.807, 2.05) is 0 Å². The first kappa shape index (κ1) is 12.0. The molecule has 0 aromatic heterocycles. The van der Waals surface area contributed by atoms with Gasteiger partial charge in [-0.2, -0.15) is 0 Å². The van der Waals surface area contributed by atoms with Crippen LogP contribution >= 0.6 is 0 Å². The molecule has 14 heavy (non-hydrogen) atoms. The maximum atomic E-state index is 2.23. The minimum atomic E-state index is -0.335. The van der Waals surface area contributed by atoms with Crippen LogP contribution in [-0.4, -0.2) is 21.6 Å². The van der Waals surface area contributed by atoms with Crippen molar-refractivity contribution in [3.05, 3.63) is 60.7 Å². The molecule has 0 atom stereocenters. The zero-order valence-electron chi connectivity index (χ0n) is 7.57. The summed E-state index contributed by atoms with van der Waals surface area (Å²) in [6, 6.07) is 21.5. The van der Waals surface area contributed by atoms with Gasteiger partial charge in [-0.1, -0.05) is 0 Å². The van der Waals surface area contributed by atoms with Crippen LogP contribution < -0.4 is 7.02 Å². The number of hydrogen-bond donors (Lipinski definition) is 0. The van der Waals surface area contributed by atoms with Gasteiger partial charge < -0.3 is 0 Å². The van der Waals surface area contributed by atoms with E-state index in [0.29, 0.717) is 0 Å². The molecule has 71 valence electrons. The third-order valence-electron chi connectivity index (χ3n) is 1.77. The van der Waals surface area contributed by atoms with Gasteiger partial charge >= 0.3 is 89.3 Å². The molecule has 2 aromatic carbocycles. The Kier molecular flexibility index (Phi) is 5.46. The third kappa shape index (κ3) is 3.57. The average molecular weight is 466 g/mol. The summed E-state index contributed by atoms with van der Waals surface area (Å²) in [4.78, 5) is 0. The Balaban J connectivity index is 0.000000980. The molecule has 0 heterocycles. The summed E-state index contributed by atoms with van der Waals surface area (Å²) in [5, 5.41) is 0. The summed E-state index contributed by atoms with van der Waals surface area (Å²) < 4.78 is 3.04. The van der Waals surface area contributed by atoms with Gasteiger partial charge in [0.05, 0.1) is 0 Å². The molecule has 0 nitrogen and oxygen atoms in total. The van der Waals surface area contributed by atoms with Gasteiger partial charge in [-0.15, -0.1) is 0 Å². The second-order valence-electron chi connectivity index (χ2n) is 2.78. The molecule has 0 fully saturated rings. The number of benzene rings is 2. The van der Waals surface area contributed by atoms with Crippen LogP contribution in [0.15, 0.2) is 60.7 Å². The van der Waals surface area contributed by atoms with Crippen LogP contribution in [0.5, 0.6) is 0 Å². The van der Waals surface area contributed by atoms with Crippen molar-refractivity contribution in [1.29, 1.82) is 0 Å². The Morgan fingerprint density at radius 3 is 1.29 bits per heavy atom. The van der Waals surface area contributed by atoms with E-state index >= 15 is 0 Å². The first-order valence-electron chi connectivity index (χ1n) is 4.27. The molecule has 0 saturated carbocycles. The van der Waals surface area contributed by atoms with Crippen LogP contribution in [0.4, 0.5) is 0 Å². The van der Waals surface area contributed by atoms with E-state index < -0.39 is 0 Å². The molecule has 0 bridgehead atoms. The molecule has 0 saturated heterocycles. The zero-order chi connectivity index (χ0) is 8.93. The van der Waals surface area contributed by atoms with Crippen LogP contribution in [0, 0.1) is 0 Å². The average Bonchev–Trinajstić information content (AvgIpc) is 2.21. The van der Waals surface area contributed by atoms with E-state index in [-0.39, 0.29) is 41.4 Å². The van der Waals surface area contributed by atoms with E-state index in [0.717, 1.165) is 0 Å². The predicted octanol–water partition coefficient (Wildman–Crippen LogP) is 1.34. The molecule has 0 N–H and O–H groups in total. The second-order valence-corrected chi connectivity index (χ2v) is 6.37. The van der Waals surface area contributed by atoms with Gasteiger partial charge in [0.15, 0.2) is 0 Å². The van der Waals surface area contributed by atoms with Crippen LogP contribution in [0.3, 0.4) is 0 Å². The van der Waals surface area contributed by atoms with Crippen LogP contribution in [0.1, 0.15) is 0 Å². The van der Waals surface area contributed by atoms with Gasteiger partial charge in [-0.05, 0) is 0 Å². The summed E-state index contributed by atoms with van der Waals surface area (Å²) in [6.45, 7) is 0. The molecule has 2 aromatic rings. The standard InChI is InChI=1S/2C6H5.Os.Sb/c2*1-2-4-6-5-3-1;;/h2*1-5H;;. The maximum absolute atomic E-state index is 2.23. The molecule has 0 amide bonds. The van der Waals surface area contributed by atoms with Gasteiger partial charge in [0.1, 0.15) is 0 Å². The van der Waals surface area contributed by atoms with Crippen LogP contribution in [-0.2, 0) is 19.8 Å². The monoisotopic (exact) mass is 467 g/mol. The zero-order valence-corrected chi connectivity index (χ0v) is 12.7. The Morgan fingerprint density at radius 2 is 0.929 bits per heavy atom. The van der Waals surface area contributed by atoms with E-state index in [1.165, 1.54) is 7.02 Å². The van der Waals surface area contributed by atoms with E-state index in [4.69, 9.17) is 0 Å². The molecule has 2 heteroatoms. The Labute approximate surface area is 108 Å². The van der Waals surface area contributed by atoms with Crippen molar-refractivity contribution in [3.8, 4) is 0 Å². The summed E-state index contributed by atoms with van der Waals surface area (Å²) in [5.41, 5.74) is 0. The Morgan fingerprint density at radius 1 is 0.571 bits per heavy atom. The number of hydrogen-bond acceptors (Lipinski definition) is 0. The van der Waals surface area contributed by atoms with Gasteiger partial charge in [0.25, 0.3) is 0 Å². The topological polar surface area (TPSA) is 0 Å². The molecule has 0 unspecified atom stereocenters. The predicted molar refractivity (Wildman–Crippen MR) is 57.9 cm³/mol. The summed E-state index contributed by atoms with van der Waals surface area (Å²) in [5.74, 6) is 0. The summed E-state index contributed by atoms with van der Waals surface area (Å²) in [7, 11) is 0. The van der Waals surface area contributed by atoms with E-state index in [1.54, 1.807) is 0 Å². The molecule has 0 aliphatic carbocycles. The molecule has 1 radical (unpaired) electrons. The van der Waals surface area contributed by atoms with Crippen LogP contribution in [0.2, 0.25) is 0 Å². The fraction of sp³-hybridized carbons (Fsp3) is 0. The van der Waals surface area contributed by atoms with Crippen molar-refractivity contribution in [3.63, 3.8) is 0 Å². The van der Waals surface area contributed by atoms with Crippen molar-refractivity contribution in [2.45, 2.75) is 0 Å². The molecule has 0 spiro atoms. The van der Waals surface area contributed by atoms with E-state index in [2.05, 4.69) is 60.7 Å². The molecule has 2 rings (SSSR count). The van der Waals surface area contributed by atoms with Gasteiger partial charge in [-0.25, -0.2) is 0 Å². The summed E-state index contributed by atoms with van der Waals surface area (Å²) in [6.07, 6.45) is 0. The van der Waals surface area contributed by atoms with Crippen LogP contribution in [0.25, 0.3) is 0 Å². The number of rotatable bonds is 2. The van der Waals surface area contributed by atoms with Crippen molar-refractivity contribution < 1.29 is 19.8 Å². The summed E-state index contributed by atoms with van der Waals surface area (Å²) >= 11 is -0.335. The Hall–Kier alpha value is -0.105. The quantitative estimate of drug-likeness (QED) is 0.587. The molecule has 0 aliphatic rings. The van der Waals surface area contributed by atoms with Crippen molar-refractivity contribution in [2.24, 2.45) is 0 Å². The van der Waals surface area contributed by atoms with Crippen molar-refractivity contribution in [1.82, 2.24) is 0 Å². The second kappa shape index (κ2) is 6.39.